The van der Waals surface area contributed by atoms with Crippen LogP contribution in [0, 0.1) is 11.8 Å². The summed E-state index contributed by atoms with van der Waals surface area (Å²) in [5, 5.41) is 14.7. The number of nitrogens with one attached hydrogen (secondary N) is 1. The molecule has 278 valence electrons. The van der Waals surface area contributed by atoms with E-state index in [9.17, 15) is 9.90 Å². The Labute approximate surface area is 313 Å². The second-order valence-electron chi connectivity index (χ2n) is 16.5. The van der Waals surface area contributed by atoms with Gasteiger partial charge in [0.2, 0.25) is 0 Å². The van der Waals surface area contributed by atoms with Crippen molar-refractivity contribution in [2.24, 2.45) is 11.8 Å². The lowest BCUT2D eigenvalue weighted by molar-refractivity contribution is -0.144. The Morgan fingerprint density at radius 3 is 2.71 bits per heavy atom. The number of anilines is 1. The predicted octanol–water partition coefficient (Wildman–Crippen LogP) is 8.83. The number of pyridine rings is 1. The SMILES string of the molecule is C[C@@H](COc1ccnc2c1[C@H](C)CCC2)C[C@H]1Cc2cc3c(cc2C12CCC(Nc1cccc(Cl)c1)(C(=O)O)CC2)O[C@@H](CN1CCCC1)CCO3. The Hall–Kier alpha value is -3.49. The fraction of sp³-hybridized carbons (Fsp3) is 0.581. The lowest BCUT2D eigenvalue weighted by Gasteiger charge is -2.47. The second kappa shape index (κ2) is 14.7. The highest BCUT2D eigenvalue weighted by Crippen LogP contribution is 2.58. The number of rotatable bonds is 10. The van der Waals surface area contributed by atoms with Gasteiger partial charge in [-0.25, -0.2) is 4.79 Å². The summed E-state index contributed by atoms with van der Waals surface area (Å²) in [6.07, 6.45) is 13.3. The number of fused-ring (bicyclic) bond motifs is 4. The molecule has 1 saturated heterocycles. The molecule has 8 rings (SSSR count). The molecule has 2 aliphatic heterocycles. The van der Waals surface area contributed by atoms with Crippen molar-refractivity contribution in [1.82, 2.24) is 9.88 Å². The van der Waals surface area contributed by atoms with Gasteiger partial charge in [-0.3, -0.25) is 9.88 Å². The molecule has 3 heterocycles. The molecule has 5 aliphatic rings. The molecule has 2 aromatic carbocycles. The molecule has 8 nitrogen and oxygen atoms in total. The maximum Gasteiger partial charge on any atom is 0.329 e. The average Bonchev–Trinajstić information content (AvgIpc) is 3.68. The van der Waals surface area contributed by atoms with E-state index in [4.69, 9.17) is 25.8 Å². The van der Waals surface area contributed by atoms with Crippen LogP contribution in [0.2, 0.25) is 5.02 Å². The Morgan fingerprint density at radius 1 is 1.10 bits per heavy atom. The molecule has 0 bridgehead atoms. The lowest BCUT2D eigenvalue weighted by atomic mass is 9.59. The number of carbonyl (C=O) groups is 1. The van der Waals surface area contributed by atoms with E-state index in [0.717, 1.165) is 81.1 Å². The van der Waals surface area contributed by atoms with E-state index in [1.165, 1.54) is 48.1 Å². The number of hydrogen-bond donors (Lipinski definition) is 2. The lowest BCUT2D eigenvalue weighted by Crippen LogP contribution is -2.53. The first kappa shape index (κ1) is 35.5. The fourth-order valence-electron chi connectivity index (χ4n) is 10.2. The van der Waals surface area contributed by atoms with E-state index >= 15 is 0 Å². The summed E-state index contributed by atoms with van der Waals surface area (Å²) in [5.74, 6) is 3.00. The topological polar surface area (TPSA) is 93.2 Å². The number of ether oxygens (including phenoxy) is 3. The van der Waals surface area contributed by atoms with Crippen LogP contribution >= 0.6 is 11.6 Å². The van der Waals surface area contributed by atoms with E-state index in [-0.39, 0.29) is 11.5 Å². The van der Waals surface area contributed by atoms with Crippen LogP contribution in [-0.4, -0.2) is 65.5 Å². The molecule has 9 heteroatoms. The van der Waals surface area contributed by atoms with E-state index in [0.29, 0.717) is 48.8 Å². The molecule has 1 aromatic heterocycles. The summed E-state index contributed by atoms with van der Waals surface area (Å²) >= 11 is 6.32. The quantitative estimate of drug-likeness (QED) is 0.214. The minimum atomic E-state index is -1.07. The highest BCUT2D eigenvalue weighted by molar-refractivity contribution is 6.30. The maximum atomic E-state index is 13.1. The molecule has 2 N–H and O–H groups in total. The molecule has 1 saturated carbocycles. The van der Waals surface area contributed by atoms with Crippen LogP contribution in [0.25, 0.3) is 0 Å². The third-order valence-electron chi connectivity index (χ3n) is 13.0. The van der Waals surface area contributed by atoms with Crippen LogP contribution in [0.5, 0.6) is 17.2 Å². The van der Waals surface area contributed by atoms with Crippen LogP contribution < -0.4 is 19.5 Å². The fourth-order valence-corrected chi connectivity index (χ4v) is 10.4. The Morgan fingerprint density at radius 2 is 1.92 bits per heavy atom. The summed E-state index contributed by atoms with van der Waals surface area (Å²) in [6, 6.07) is 14.0. The third kappa shape index (κ3) is 6.98. The predicted molar refractivity (Wildman–Crippen MR) is 204 cm³/mol. The second-order valence-corrected chi connectivity index (χ2v) is 17.0. The van der Waals surface area contributed by atoms with Crippen LogP contribution in [0.3, 0.4) is 0 Å². The van der Waals surface area contributed by atoms with Crippen LogP contribution in [0.4, 0.5) is 5.69 Å². The van der Waals surface area contributed by atoms with Gasteiger partial charge in [-0.15, -0.1) is 0 Å². The summed E-state index contributed by atoms with van der Waals surface area (Å²) in [5.41, 5.74) is 4.64. The normalized spacial score (nSPS) is 28.9. The van der Waals surface area contributed by atoms with Crippen molar-refractivity contribution in [3.05, 3.63) is 76.1 Å². The van der Waals surface area contributed by atoms with Gasteiger partial charge in [0.25, 0.3) is 0 Å². The Balaban J connectivity index is 1.06. The van der Waals surface area contributed by atoms with Crippen molar-refractivity contribution in [1.29, 1.82) is 0 Å². The van der Waals surface area contributed by atoms with Crippen LogP contribution in [0.15, 0.2) is 48.7 Å². The molecule has 0 radical (unpaired) electrons. The number of likely N-dealkylation sites (tertiary alicyclic amines) is 1. The number of aliphatic carboxylic acids is 1. The summed E-state index contributed by atoms with van der Waals surface area (Å²) < 4.78 is 19.8. The van der Waals surface area contributed by atoms with Crippen molar-refractivity contribution in [3.8, 4) is 17.2 Å². The molecular weight excluding hydrogens is 674 g/mol. The number of halogens is 1. The van der Waals surface area contributed by atoms with Gasteiger partial charge in [0, 0.05) is 41.1 Å². The zero-order valence-corrected chi connectivity index (χ0v) is 31.6. The van der Waals surface area contributed by atoms with E-state index < -0.39 is 11.5 Å². The summed E-state index contributed by atoms with van der Waals surface area (Å²) in [4.78, 5) is 20.3. The third-order valence-corrected chi connectivity index (χ3v) is 13.2. The zero-order valence-electron chi connectivity index (χ0n) is 30.8. The molecular formula is C43H54ClN3O5. The number of nitrogens with zero attached hydrogens (tertiary/aromatic N) is 2. The minimum absolute atomic E-state index is 0.0947. The summed E-state index contributed by atoms with van der Waals surface area (Å²) in [7, 11) is 0. The first-order chi connectivity index (χ1) is 25.2. The Bertz CT molecular complexity index is 1770. The van der Waals surface area contributed by atoms with E-state index in [1.807, 2.05) is 36.5 Å². The highest BCUT2D eigenvalue weighted by Gasteiger charge is 2.54. The van der Waals surface area contributed by atoms with Crippen molar-refractivity contribution < 1.29 is 24.1 Å². The molecule has 1 spiro atoms. The zero-order chi connectivity index (χ0) is 35.9. The van der Waals surface area contributed by atoms with Crippen molar-refractivity contribution in [2.45, 2.75) is 114 Å². The number of benzene rings is 2. The van der Waals surface area contributed by atoms with Crippen LogP contribution in [-0.2, 0) is 23.1 Å². The molecule has 52 heavy (non-hydrogen) atoms. The summed E-state index contributed by atoms with van der Waals surface area (Å²) in [6.45, 7) is 9.11. The van der Waals surface area contributed by atoms with Crippen LogP contribution in [0.1, 0.15) is 106 Å². The monoisotopic (exact) mass is 727 g/mol. The smallest absolute Gasteiger partial charge is 0.329 e. The Kier molecular flexibility index (Phi) is 10.1. The number of aryl methyl sites for hydroxylation is 1. The van der Waals surface area contributed by atoms with Gasteiger partial charge < -0.3 is 24.6 Å². The van der Waals surface area contributed by atoms with Crippen molar-refractivity contribution in [3.63, 3.8) is 0 Å². The first-order valence-electron chi connectivity index (χ1n) is 19.8. The van der Waals surface area contributed by atoms with E-state index in [1.54, 1.807) is 0 Å². The van der Waals surface area contributed by atoms with Gasteiger partial charge in [-0.1, -0.05) is 31.5 Å². The molecule has 2 fully saturated rings. The molecule has 0 unspecified atom stereocenters. The van der Waals surface area contributed by atoms with Gasteiger partial charge in [0.05, 0.1) is 13.2 Å². The van der Waals surface area contributed by atoms with Gasteiger partial charge in [-0.2, -0.15) is 0 Å². The van der Waals surface area contributed by atoms with Gasteiger partial charge in [0.15, 0.2) is 11.5 Å². The van der Waals surface area contributed by atoms with Crippen molar-refractivity contribution in [2.75, 3.05) is 38.2 Å². The number of aromatic nitrogens is 1. The average molecular weight is 728 g/mol. The highest BCUT2D eigenvalue weighted by atomic mass is 35.5. The molecule has 0 amide bonds. The minimum Gasteiger partial charge on any atom is -0.493 e. The molecule has 3 aromatic rings. The van der Waals surface area contributed by atoms with Gasteiger partial charge in [0.1, 0.15) is 17.4 Å². The van der Waals surface area contributed by atoms with Gasteiger partial charge >= 0.3 is 5.97 Å². The van der Waals surface area contributed by atoms with Gasteiger partial charge in [-0.05, 0) is 154 Å². The number of carboxylic acids is 1. The maximum absolute atomic E-state index is 13.1. The molecule has 4 atom stereocenters. The number of hydrogen-bond acceptors (Lipinski definition) is 7. The largest absolute Gasteiger partial charge is 0.493 e. The number of carboxylic acid groups (broad SMARTS) is 1. The standard InChI is InChI=1S/C43H54ClN3O5/c1-28(27-51-37-11-17-45-36-10-5-7-29(2)40(36)37)21-31-22-30-23-38-39(52-34(12-20-50-38)26-47-18-3-4-19-47)25-35(30)42(31)13-15-43(16-14-42,41(48)49)46-33-9-6-8-32(44)24-33/h6,8-9,11,17,23-25,28-29,31,34,46H,3-5,7,10,12-16,18-22,26-27H2,1-2H3,(H,48,49)/t28-,29-,31+,34-,42?,43?/m1/s1. The first-order valence-corrected chi connectivity index (χ1v) is 20.2. The molecule has 3 aliphatic carbocycles. The van der Waals surface area contributed by atoms with Crippen molar-refractivity contribution >= 4 is 23.3 Å². The van der Waals surface area contributed by atoms with E-state index in [2.05, 4.69) is 41.2 Å².